The van der Waals surface area contributed by atoms with Gasteiger partial charge in [0.1, 0.15) is 11.8 Å². The number of benzene rings is 2. The number of nitrogens with zero attached hydrogens (tertiary/aromatic N) is 1. The van der Waals surface area contributed by atoms with Gasteiger partial charge in [0.15, 0.2) is 0 Å². The lowest BCUT2D eigenvalue weighted by Gasteiger charge is -2.24. The first-order valence-corrected chi connectivity index (χ1v) is 9.37. The molecule has 1 atom stereocenters. The summed E-state index contributed by atoms with van der Waals surface area (Å²) in [6.45, 7) is 2.34. The second-order valence-electron chi connectivity index (χ2n) is 7.11. The second-order valence-corrected chi connectivity index (χ2v) is 7.11. The SMILES string of the molecule is COc1ccc(NC(=O)C2CCC(=O)N2Cc2c[nH]c3ccccc23)c(C)c1. The Morgan fingerprint density at radius 1 is 1.29 bits per heavy atom. The van der Waals surface area contributed by atoms with Crippen molar-refractivity contribution in [2.75, 3.05) is 12.4 Å². The number of rotatable bonds is 5. The molecule has 1 aromatic heterocycles. The van der Waals surface area contributed by atoms with Gasteiger partial charge in [-0.3, -0.25) is 9.59 Å². The molecule has 0 spiro atoms. The van der Waals surface area contributed by atoms with E-state index in [9.17, 15) is 9.59 Å². The van der Waals surface area contributed by atoms with Crippen LogP contribution in [0, 0.1) is 6.92 Å². The van der Waals surface area contributed by atoms with Crippen molar-refractivity contribution in [1.82, 2.24) is 9.88 Å². The van der Waals surface area contributed by atoms with Crippen LogP contribution in [-0.2, 0) is 16.1 Å². The minimum atomic E-state index is -0.470. The first-order valence-electron chi connectivity index (χ1n) is 9.37. The smallest absolute Gasteiger partial charge is 0.247 e. The van der Waals surface area contributed by atoms with Crippen LogP contribution in [0.3, 0.4) is 0 Å². The van der Waals surface area contributed by atoms with Gasteiger partial charge in [0.2, 0.25) is 11.8 Å². The largest absolute Gasteiger partial charge is 0.497 e. The number of amides is 2. The van der Waals surface area contributed by atoms with E-state index < -0.39 is 6.04 Å². The molecule has 28 heavy (non-hydrogen) atoms. The van der Waals surface area contributed by atoms with Crippen LogP contribution in [0.25, 0.3) is 10.9 Å². The van der Waals surface area contributed by atoms with Gasteiger partial charge in [0, 0.05) is 35.8 Å². The van der Waals surface area contributed by atoms with Crippen LogP contribution in [0.1, 0.15) is 24.0 Å². The minimum Gasteiger partial charge on any atom is -0.497 e. The van der Waals surface area contributed by atoms with Crippen LogP contribution < -0.4 is 10.1 Å². The van der Waals surface area contributed by atoms with Crippen LogP contribution in [-0.4, -0.2) is 34.8 Å². The molecule has 2 aromatic carbocycles. The second kappa shape index (κ2) is 7.38. The molecule has 2 heterocycles. The maximum absolute atomic E-state index is 12.9. The zero-order chi connectivity index (χ0) is 19.7. The van der Waals surface area contributed by atoms with Gasteiger partial charge >= 0.3 is 0 Å². The third kappa shape index (κ3) is 3.33. The van der Waals surface area contributed by atoms with Crippen molar-refractivity contribution >= 4 is 28.4 Å². The van der Waals surface area contributed by atoms with E-state index in [0.29, 0.717) is 19.4 Å². The number of aromatic nitrogens is 1. The molecule has 6 nitrogen and oxygen atoms in total. The molecule has 4 rings (SSSR count). The van der Waals surface area contributed by atoms with Crippen molar-refractivity contribution in [2.24, 2.45) is 0 Å². The average Bonchev–Trinajstić information content (AvgIpc) is 3.28. The maximum Gasteiger partial charge on any atom is 0.247 e. The molecule has 2 N–H and O–H groups in total. The third-order valence-corrected chi connectivity index (χ3v) is 5.34. The third-order valence-electron chi connectivity index (χ3n) is 5.34. The number of para-hydroxylation sites is 1. The summed E-state index contributed by atoms with van der Waals surface area (Å²) in [6, 6.07) is 13.0. The topological polar surface area (TPSA) is 74.4 Å². The number of likely N-dealkylation sites (tertiary alicyclic amines) is 1. The fourth-order valence-electron chi connectivity index (χ4n) is 3.77. The predicted octanol–water partition coefficient (Wildman–Crippen LogP) is 3.61. The number of methoxy groups -OCH3 is 1. The Hall–Kier alpha value is -3.28. The van der Waals surface area contributed by atoms with Crippen molar-refractivity contribution in [1.29, 1.82) is 0 Å². The van der Waals surface area contributed by atoms with Crippen LogP contribution in [0.2, 0.25) is 0 Å². The van der Waals surface area contributed by atoms with E-state index >= 15 is 0 Å². The van der Waals surface area contributed by atoms with E-state index in [1.807, 2.05) is 55.6 Å². The Labute approximate surface area is 163 Å². The highest BCUT2D eigenvalue weighted by Gasteiger charge is 2.36. The summed E-state index contributed by atoms with van der Waals surface area (Å²) in [5.41, 5.74) is 3.70. The van der Waals surface area contributed by atoms with Crippen LogP contribution >= 0.6 is 0 Å². The molecule has 1 saturated heterocycles. The van der Waals surface area contributed by atoms with E-state index in [1.54, 1.807) is 12.0 Å². The van der Waals surface area contributed by atoms with E-state index in [4.69, 9.17) is 4.74 Å². The Balaban J connectivity index is 1.53. The lowest BCUT2D eigenvalue weighted by Crippen LogP contribution is -2.41. The molecule has 6 heteroatoms. The van der Waals surface area contributed by atoms with Gasteiger partial charge < -0.3 is 19.9 Å². The Kier molecular flexibility index (Phi) is 4.77. The van der Waals surface area contributed by atoms with Crippen LogP contribution in [0.5, 0.6) is 5.75 Å². The number of nitrogens with one attached hydrogen (secondary N) is 2. The number of hydrogen-bond donors (Lipinski definition) is 2. The van der Waals surface area contributed by atoms with Crippen molar-refractivity contribution in [3.63, 3.8) is 0 Å². The van der Waals surface area contributed by atoms with Crippen LogP contribution in [0.15, 0.2) is 48.7 Å². The normalized spacial score (nSPS) is 16.6. The lowest BCUT2D eigenvalue weighted by molar-refractivity contribution is -0.133. The molecule has 1 unspecified atom stereocenters. The quantitative estimate of drug-likeness (QED) is 0.713. The van der Waals surface area contributed by atoms with Gasteiger partial charge in [-0.2, -0.15) is 0 Å². The number of H-pyrrole nitrogens is 1. The standard InChI is InChI=1S/C22H23N3O3/c1-14-11-16(28-2)7-8-18(14)24-22(27)20-9-10-21(26)25(20)13-15-12-23-19-6-4-3-5-17(15)19/h3-8,11-12,20,23H,9-10,13H2,1-2H3,(H,24,27). The summed E-state index contributed by atoms with van der Waals surface area (Å²) in [5.74, 6) is 0.600. The summed E-state index contributed by atoms with van der Waals surface area (Å²) in [5, 5.41) is 4.05. The number of anilines is 1. The number of carbonyl (C=O) groups excluding carboxylic acids is 2. The van der Waals surface area contributed by atoms with Crippen molar-refractivity contribution < 1.29 is 14.3 Å². The average molecular weight is 377 g/mol. The van der Waals surface area contributed by atoms with Crippen molar-refractivity contribution in [2.45, 2.75) is 32.4 Å². The first kappa shape index (κ1) is 18.1. The molecule has 1 fully saturated rings. The molecule has 0 saturated carbocycles. The summed E-state index contributed by atoms with van der Waals surface area (Å²) in [7, 11) is 1.61. The zero-order valence-corrected chi connectivity index (χ0v) is 16.0. The van der Waals surface area contributed by atoms with Gasteiger partial charge in [0.05, 0.1) is 7.11 Å². The monoisotopic (exact) mass is 377 g/mol. The number of aryl methyl sites for hydroxylation is 1. The highest BCUT2D eigenvalue weighted by atomic mass is 16.5. The molecule has 2 amide bonds. The van der Waals surface area contributed by atoms with Gasteiger partial charge in [-0.1, -0.05) is 18.2 Å². The Morgan fingerprint density at radius 3 is 2.89 bits per heavy atom. The van der Waals surface area contributed by atoms with Crippen LogP contribution in [0.4, 0.5) is 5.69 Å². The summed E-state index contributed by atoms with van der Waals surface area (Å²) in [4.78, 5) is 30.3. The minimum absolute atomic E-state index is 0.0110. The molecule has 1 aliphatic rings. The van der Waals surface area contributed by atoms with Crippen molar-refractivity contribution in [3.05, 3.63) is 59.8 Å². The van der Waals surface area contributed by atoms with Gasteiger partial charge in [-0.15, -0.1) is 0 Å². The number of carbonyl (C=O) groups is 2. The fraction of sp³-hybridized carbons (Fsp3) is 0.273. The molecule has 0 radical (unpaired) electrons. The molecular weight excluding hydrogens is 354 g/mol. The molecule has 1 aliphatic heterocycles. The van der Waals surface area contributed by atoms with E-state index in [0.717, 1.165) is 33.5 Å². The van der Waals surface area contributed by atoms with E-state index in [1.165, 1.54) is 0 Å². The van der Waals surface area contributed by atoms with Gasteiger partial charge in [-0.05, 0) is 48.7 Å². The highest BCUT2D eigenvalue weighted by molar-refractivity contribution is 5.99. The summed E-state index contributed by atoms with van der Waals surface area (Å²) in [6.07, 6.45) is 2.84. The van der Waals surface area contributed by atoms with E-state index in [-0.39, 0.29) is 11.8 Å². The zero-order valence-electron chi connectivity index (χ0n) is 16.0. The molecule has 144 valence electrons. The summed E-state index contributed by atoms with van der Waals surface area (Å²) >= 11 is 0. The number of hydrogen-bond acceptors (Lipinski definition) is 3. The predicted molar refractivity (Wildman–Crippen MR) is 108 cm³/mol. The van der Waals surface area contributed by atoms with Gasteiger partial charge in [-0.25, -0.2) is 0 Å². The van der Waals surface area contributed by atoms with Gasteiger partial charge in [0.25, 0.3) is 0 Å². The lowest BCUT2D eigenvalue weighted by atomic mass is 10.1. The van der Waals surface area contributed by atoms with Crippen molar-refractivity contribution in [3.8, 4) is 5.75 Å². The maximum atomic E-state index is 12.9. The highest BCUT2D eigenvalue weighted by Crippen LogP contribution is 2.27. The Morgan fingerprint density at radius 2 is 2.11 bits per heavy atom. The molecule has 0 bridgehead atoms. The number of ether oxygens (including phenoxy) is 1. The first-order chi connectivity index (χ1) is 13.6. The fourth-order valence-corrected chi connectivity index (χ4v) is 3.77. The molecule has 3 aromatic rings. The Bertz CT molecular complexity index is 1040. The number of aromatic amines is 1. The van der Waals surface area contributed by atoms with E-state index in [2.05, 4.69) is 10.3 Å². The molecular formula is C22H23N3O3. The number of fused-ring (bicyclic) bond motifs is 1. The molecule has 0 aliphatic carbocycles. The summed E-state index contributed by atoms with van der Waals surface area (Å²) < 4.78 is 5.21.